The van der Waals surface area contributed by atoms with Crippen molar-refractivity contribution >= 4 is 23.0 Å². The highest BCUT2D eigenvalue weighted by molar-refractivity contribution is 5.97. The number of aromatic nitrogens is 4. The van der Waals surface area contributed by atoms with Crippen molar-refractivity contribution < 1.29 is 9.59 Å². The minimum absolute atomic E-state index is 0.0999. The second kappa shape index (κ2) is 4.75. The highest BCUT2D eigenvalue weighted by Crippen LogP contribution is 2.13. The van der Waals surface area contributed by atoms with E-state index in [9.17, 15) is 9.59 Å². The van der Waals surface area contributed by atoms with Crippen molar-refractivity contribution in [3.8, 4) is 0 Å². The molecule has 98 valence electrons. The molecule has 2 aromatic heterocycles. The van der Waals surface area contributed by atoms with Gasteiger partial charge in [-0.2, -0.15) is 0 Å². The number of rotatable bonds is 3. The first-order chi connectivity index (χ1) is 9.24. The Kier molecular flexibility index (Phi) is 2.94. The van der Waals surface area contributed by atoms with Crippen molar-refractivity contribution in [3.05, 3.63) is 18.3 Å². The monoisotopic (exact) mass is 259 g/mol. The van der Waals surface area contributed by atoms with Crippen LogP contribution >= 0.6 is 0 Å². The van der Waals surface area contributed by atoms with Crippen LogP contribution in [-0.4, -0.2) is 43.2 Å². The number of carbonyl (C=O) groups is 2. The number of hydrogen-bond donors (Lipinski definition) is 1. The Labute approximate surface area is 109 Å². The molecule has 1 fully saturated rings. The standard InChI is InChI=1S/C12H13N5O2/c18-10-2-1-3-11(19)17(10)5-4-9-13-6-8-12(16-9)15-7-14-8/h6-7H,1-5H2,(H,13,14,15,16). The minimum Gasteiger partial charge on any atom is -0.342 e. The van der Waals surface area contributed by atoms with Gasteiger partial charge in [-0.25, -0.2) is 15.0 Å². The first-order valence-corrected chi connectivity index (χ1v) is 6.22. The molecule has 0 atom stereocenters. The molecule has 3 heterocycles. The number of nitrogens with zero attached hydrogens (tertiary/aromatic N) is 4. The number of fused-ring (bicyclic) bond motifs is 1. The summed E-state index contributed by atoms with van der Waals surface area (Å²) < 4.78 is 0. The first kappa shape index (κ1) is 11.8. The molecule has 0 spiro atoms. The van der Waals surface area contributed by atoms with Crippen LogP contribution in [-0.2, 0) is 16.0 Å². The summed E-state index contributed by atoms with van der Waals surface area (Å²) >= 11 is 0. The van der Waals surface area contributed by atoms with Crippen LogP contribution in [0.3, 0.4) is 0 Å². The van der Waals surface area contributed by atoms with Gasteiger partial charge in [0, 0.05) is 25.8 Å². The molecule has 7 nitrogen and oxygen atoms in total. The van der Waals surface area contributed by atoms with Gasteiger partial charge >= 0.3 is 0 Å². The van der Waals surface area contributed by atoms with E-state index in [1.165, 1.54) is 4.90 Å². The van der Waals surface area contributed by atoms with Gasteiger partial charge in [-0.3, -0.25) is 14.5 Å². The lowest BCUT2D eigenvalue weighted by molar-refractivity contribution is -0.147. The Morgan fingerprint density at radius 2 is 2.00 bits per heavy atom. The lowest BCUT2D eigenvalue weighted by Crippen LogP contribution is -2.41. The summed E-state index contributed by atoms with van der Waals surface area (Å²) in [6.07, 6.45) is 5.23. The Morgan fingerprint density at radius 3 is 2.79 bits per heavy atom. The summed E-state index contributed by atoms with van der Waals surface area (Å²) in [4.78, 5) is 40.0. The molecule has 7 heteroatoms. The largest absolute Gasteiger partial charge is 0.342 e. The molecule has 19 heavy (non-hydrogen) atoms. The third-order valence-electron chi connectivity index (χ3n) is 3.17. The summed E-state index contributed by atoms with van der Waals surface area (Å²) in [5.74, 6) is 0.389. The average Bonchev–Trinajstić information content (AvgIpc) is 2.85. The normalized spacial score (nSPS) is 16.3. The molecule has 0 aliphatic carbocycles. The molecule has 0 saturated carbocycles. The Bertz CT molecular complexity index is 620. The highest BCUT2D eigenvalue weighted by Gasteiger charge is 2.25. The van der Waals surface area contributed by atoms with Crippen LogP contribution in [0.15, 0.2) is 12.5 Å². The van der Waals surface area contributed by atoms with Gasteiger partial charge in [-0.1, -0.05) is 0 Å². The zero-order valence-electron chi connectivity index (χ0n) is 10.3. The molecule has 2 aromatic rings. The van der Waals surface area contributed by atoms with Crippen LogP contribution in [0, 0.1) is 0 Å². The van der Waals surface area contributed by atoms with Gasteiger partial charge in [0.25, 0.3) is 0 Å². The van der Waals surface area contributed by atoms with E-state index in [0.717, 1.165) is 5.52 Å². The van der Waals surface area contributed by atoms with Gasteiger partial charge in [0.15, 0.2) is 5.65 Å². The van der Waals surface area contributed by atoms with Gasteiger partial charge in [0.1, 0.15) is 11.3 Å². The number of likely N-dealkylation sites (tertiary alicyclic amines) is 1. The lowest BCUT2D eigenvalue weighted by atomic mass is 10.1. The molecule has 2 amide bonds. The Morgan fingerprint density at radius 1 is 1.21 bits per heavy atom. The molecular formula is C12H13N5O2. The van der Waals surface area contributed by atoms with E-state index < -0.39 is 0 Å². The number of imide groups is 1. The number of hydrogen-bond acceptors (Lipinski definition) is 5. The fourth-order valence-electron chi connectivity index (χ4n) is 2.15. The molecule has 1 N–H and O–H groups in total. The van der Waals surface area contributed by atoms with Crippen LogP contribution in [0.25, 0.3) is 11.2 Å². The molecule has 3 rings (SSSR count). The number of carbonyl (C=O) groups excluding carboxylic acids is 2. The third-order valence-corrected chi connectivity index (χ3v) is 3.17. The first-order valence-electron chi connectivity index (χ1n) is 6.22. The maximum Gasteiger partial charge on any atom is 0.229 e. The molecular weight excluding hydrogens is 246 g/mol. The third kappa shape index (κ3) is 2.31. The van der Waals surface area contributed by atoms with Gasteiger partial charge in [0.2, 0.25) is 11.8 Å². The molecule has 1 aliphatic heterocycles. The Balaban J connectivity index is 1.71. The summed E-state index contributed by atoms with van der Waals surface area (Å²) in [7, 11) is 0. The van der Waals surface area contributed by atoms with Crippen LogP contribution < -0.4 is 0 Å². The van der Waals surface area contributed by atoms with Crippen LogP contribution in [0.1, 0.15) is 25.1 Å². The SMILES string of the molecule is O=C1CCCC(=O)N1CCc1ncc2[nH]cnc2n1. The van der Waals surface area contributed by atoms with E-state index in [1.807, 2.05) is 0 Å². The summed E-state index contributed by atoms with van der Waals surface area (Å²) in [6, 6.07) is 0. The smallest absolute Gasteiger partial charge is 0.229 e. The van der Waals surface area contributed by atoms with Crippen molar-refractivity contribution in [2.24, 2.45) is 0 Å². The predicted molar refractivity (Wildman–Crippen MR) is 66.0 cm³/mol. The summed E-state index contributed by atoms with van der Waals surface area (Å²) in [6.45, 7) is 0.341. The fraction of sp³-hybridized carbons (Fsp3) is 0.417. The molecule has 0 aromatic carbocycles. The predicted octanol–water partition coefficient (Wildman–Crippen LogP) is 0.434. The minimum atomic E-state index is -0.0999. The van der Waals surface area contributed by atoms with E-state index in [0.29, 0.717) is 43.7 Å². The van der Waals surface area contributed by atoms with Crippen LogP contribution in [0.4, 0.5) is 0 Å². The summed E-state index contributed by atoms with van der Waals surface area (Å²) in [5, 5.41) is 0. The molecule has 1 aliphatic rings. The van der Waals surface area contributed by atoms with E-state index >= 15 is 0 Å². The molecule has 0 radical (unpaired) electrons. The molecule has 0 unspecified atom stereocenters. The lowest BCUT2D eigenvalue weighted by Gasteiger charge is -2.24. The topological polar surface area (TPSA) is 91.8 Å². The molecule has 1 saturated heterocycles. The van der Waals surface area contributed by atoms with E-state index in [4.69, 9.17) is 0 Å². The second-order valence-electron chi connectivity index (χ2n) is 4.47. The number of piperidine rings is 1. The maximum atomic E-state index is 11.6. The summed E-state index contributed by atoms with van der Waals surface area (Å²) in [5.41, 5.74) is 1.37. The van der Waals surface area contributed by atoms with Crippen LogP contribution in [0.5, 0.6) is 0 Å². The fourth-order valence-corrected chi connectivity index (χ4v) is 2.15. The van der Waals surface area contributed by atoms with Crippen molar-refractivity contribution in [2.45, 2.75) is 25.7 Å². The maximum absolute atomic E-state index is 11.6. The van der Waals surface area contributed by atoms with Crippen molar-refractivity contribution in [3.63, 3.8) is 0 Å². The average molecular weight is 259 g/mol. The zero-order chi connectivity index (χ0) is 13.2. The number of amides is 2. The van der Waals surface area contributed by atoms with Gasteiger partial charge < -0.3 is 4.98 Å². The second-order valence-corrected chi connectivity index (χ2v) is 4.47. The van der Waals surface area contributed by atoms with Crippen molar-refractivity contribution in [1.82, 2.24) is 24.8 Å². The highest BCUT2D eigenvalue weighted by atomic mass is 16.2. The molecule has 0 bridgehead atoms. The van der Waals surface area contributed by atoms with Crippen molar-refractivity contribution in [1.29, 1.82) is 0 Å². The zero-order valence-corrected chi connectivity index (χ0v) is 10.3. The van der Waals surface area contributed by atoms with E-state index in [-0.39, 0.29) is 11.8 Å². The quantitative estimate of drug-likeness (QED) is 0.807. The number of H-pyrrole nitrogens is 1. The van der Waals surface area contributed by atoms with E-state index in [2.05, 4.69) is 19.9 Å². The van der Waals surface area contributed by atoms with Crippen molar-refractivity contribution in [2.75, 3.05) is 6.54 Å². The number of nitrogens with one attached hydrogen (secondary N) is 1. The van der Waals surface area contributed by atoms with Gasteiger partial charge in [0.05, 0.1) is 12.5 Å². The number of aromatic amines is 1. The van der Waals surface area contributed by atoms with Gasteiger partial charge in [-0.05, 0) is 6.42 Å². The number of imidazole rings is 1. The van der Waals surface area contributed by atoms with Crippen LogP contribution in [0.2, 0.25) is 0 Å². The van der Waals surface area contributed by atoms with E-state index in [1.54, 1.807) is 12.5 Å². The Hall–Kier alpha value is -2.31. The van der Waals surface area contributed by atoms with Gasteiger partial charge in [-0.15, -0.1) is 0 Å².